The zero-order chi connectivity index (χ0) is 26.1. The molecule has 37 heavy (non-hydrogen) atoms. The molecule has 0 bridgehead atoms. The van der Waals surface area contributed by atoms with Gasteiger partial charge in [0.05, 0.1) is 17.7 Å². The Morgan fingerprint density at radius 2 is 1.84 bits per heavy atom. The zero-order valence-electron chi connectivity index (χ0n) is 21.0. The van der Waals surface area contributed by atoms with Crippen LogP contribution >= 0.6 is 0 Å². The molecule has 2 heterocycles. The van der Waals surface area contributed by atoms with Gasteiger partial charge in [0.2, 0.25) is 5.91 Å². The summed E-state index contributed by atoms with van der Waals surface area (Å²) in [6, 6.07) is 4.33. The maximum atomic E-state index is 14.2. The van der Waals surface area contributed by atoms with Crippen LogP contribution < -0.4 is 15.4 Å². The van der Waals surface area contributed by atoms with E-state index in [9.17, 15) is 19.1 Å². The molecule has 9 nitrogen and oxygen atoms in total. The van der Waals surface area contributed by atoms with E-state index in [1.165, 1.54) is 25.4 Å². The Hall–Kier alpha value is -3.53. The molecule has 2 amide bonds. The molecule has 10 heteroatoms. The van der Waals surface area contributed by atoms with Crippen molar-refractivity contribution in [3.63, 3.8) is 0 Å². The monoisotopic (exact) mass is 509 g/mol. The average molecular weight is 510 g/mol. The molecule has 4 N–H and O–H groups in total. The Morgan fingerprint density at radius 1 is 1.14 bits per heavy atom. The zero-order valence-corrected chi connectivity index (χ0v) is 21.0. The molecule has 2 aliphatic rings. The molecule has 2 aromatic heterocycles. The average Bonchev–Trinajstić information content (AvgIpc) is 3.63. The SMILES string of the molecule is Cc1[nH]c2c(-c3cc(F)ccc3OCC3CC3)ncnc2c1C(=O)N[C@H]1CC[C@H](NC(=O)[C@H](C)O)CC1. The first kappa shape index (κ1) is 25.1. The number of amides is 2. The minimum Gasteiger partial charge on any atom is -0.493 e. The number of nitrogens with zero attached hydrogens (tertiary/aromatic N) is 2. The predicted molar refractivity (Wildman–Crippen MR) is 136 cm³/mol. The number of benzene rings is 1. The molecule has 1 atom stereocenters. The lowest BCUT2D eigenvalue weighted by atomic mass is 9.90. The van der Waals surface area contributed by atoms with Crippen molar-refractivity contribution < 1.29 is 23.8 Å². The van der Waals surface area contributed by atoms with E-state index in [0.29, 0.717) is 77.5 Å². The number of rotatable bonds is 8. The Labute approximate surface area is 214 Å². The predicted octanol–water partition coefficient (Wildman–Crippen LogP) is 3.40. The lowest BCUT2D eigenvalue weighted by Gasteiger charge is -2.30. The molecule has 2 saturated carbocycles. The molecule has 0 spiro atoms. The van der Waals surface area contributed by atoms with Gasteiger partial charge in [0.25, 0.3) is 5.91 Å². The highest BCUT2D eigenvalue weighted by molar-refractivity contribution is 6.09. The molecule has 0 radical (unpaired) electrons. The van der Waals surface area contributed by atoms with E-state index in [2.05, 4.69) is 25.6 Å². The minimum atomic E-state index is -1.04. The van der Waals surface area contributed by atoms with Gasteiger partial charge in [0, 0.05) is 23.3 Å². The highest BCUT2D eigenvalue weighted by Crippen LogP contribution is 2.37. The number of aryl methyl sites for hydroxylation is 1. The van der Waals surface area contributed by atoms with Gasteiger partial charge >= 0.3 is 0 Å². The smallest absolute Gasteiger partial charge is 0.255 e. The molecular formula is C27H32FN5O4. The van der Waals surface area contributed by atoms with E-state index in [0.717, 1.165) is 12.8 Å². The third-order valence-corrected chi connectivity index (χ3v) is 7.16. The van der Waals surface area contributed by atoms with Crippen molar-refractivity contribution in [1.82, 2.24) is 25.6 Å². The van der Waals surface area contributed by atoms with Crippen molar-refractivity contribution in [3.05, 3.63) is 41.6 Å². The van der Waals surface area contributed by atoms with Crippen LogP contribution in [0.3, 0.4) is 0 Å². The van der Waals surface area contributed by atoms with Gasteiger partial charge in [-0.3, -0.25) is 9.59 Å². The van der Waals surface area contributed by atoms with Crippen LogP contribution in [0.15, 0.2) is 24.5 Å². The van der Waals surface area contributed by atoms with Crippen LogP contribution in [0, 0.1) is 18.7 Å². The Kier molecular flexibility index (Phi) is 7.10. The summed E-state index contributed by atoms with van der Waals surface area (Å²) in [4.78, 5) is 37.1. The van der Waals surface area contributed by atoms with Crippen LogP contribution in [0.5, 0.6) is 5.75 Å². The van der Waals surface area contributed by atoms with Crippen molar-refractivity contribution in [1.29, 1.82) is 0 Å². The van der Waals surface area contributed by atoms with E-state index in [1.54, 1.807) is 13.0 Å². The summed E-state index contributed by atoms with van der Waals surface area (Å²) < 4.78 is 20.2. The van der Waals surface area contributed by atoms with Crippen LogP contribution in [0.2, 0.25) is 0 Å². The van der Waals surface area contributed by atoms with Crippen molar-refractivity contribution >= 4 is 22.8 Å². The Balaban J connectivity index is 1.35. The minimum absolute atomic E-state index is 0.0111. The maximum Gasteiger partial charge on any atom is 0.255 e. The van der Waals surface area contributed by atoms with E-state index in [1.807, 2.05) is 0 Å². The standard InChI is InChI=1S/C27H32FN5O4/c1-14-22(27(36)33-19-8-6-18(7-9-19)32-26(35)15(2)34)24-25(31-14)23(29-13-30-24)20-11-17(28)5-10-21(20)37-12-16-3-4-16/h5,10-11,13,15-16,18-19,31,34H,3-4,6-9,12H2,1-2H3,(H,32,35)(H,33,36)/t15-,18-,19-/m0/s1. The number of aliphatic hydroxyl groups excluding tert-OH is 1. The highest BCUT2D eigenvalue weighted by Gasteiger charge is 2.28. The van der Waals surface area contributed by atoms with Gasteiger partial charge in [-0.1, -0.05) is 0 Å². The number of nitrogens with one attached hydrogen (secondary N) is 3. The second-order valence-electron chi connectivity index (χ2n) is 10.2. The number of H-pyrrole nitrogens is 1. The summed E-state index contributed by atoms with van der Waals surface area (Å²) in [5, 5.41) is 15.4. The number of aromatic nitrogens is 3. The van der Waals surface area contributed by atoms with Crippen LogP contribution in [0.4, 0.5) is 4.39 Å². The number of aliphatic hydroxyl groups is 1. The summed E-state index contributed by atoms with van der Waals surface area (Å²) in [6.07, 6.45) is 5.47. The molecule has 2 fully saturated rings. The summed E-state index contributed by atoms with van der Waals surface area (Å²) in [6.45, 7) is 3.82. The molecular weight excluding hydrogens is 477 g/mol. The van der Waals surface area contributed by atoms with Gasteiger partial charge in [0.1, 0.15) is 35.2 Å². The van der Waals surface area contributed by atoms with Gasteiger partial charge in [-0.15, -0.1) is 0 Å². The van der Waals surface area contributed by atoms with Crippen LogP contribution in [-0.4, -0.2) is 56.7 Å². The second kappa shape index (κ2) is 10.5. The molecule has 5 rings (SSSR count). The largest absolute Gasteiger partial charge is 0.493 e. The quantitative estimate of drug-likeness (QED) is 0.368. The number of ether oxygens (including phenoxy) is 1. The molecule has 196 valence electrons. The summed E-state index contributed by atoms with van der Waals surface area (Å²) >= 11 is 0. The molecule has 3 aromatic rings. The molecule has 0 unspecified atom stereocenters. The fraction of sp³-hybridized carbons (Fsp3) is 0.481. The van der Waals surface area contributed by atoms with E-state index in [-0.39, 0.29) is 23.9 Å². The van der Waals surface area contributed by atoms with Crippen LogP contribution in [0.25, 0.3) is 22.3 Å². The maximum absolute atomic E-state index is 14.2. The lowest BCUT2D eigenvalue weighted by molar-refractivity contribution is -0.129. The topological polar surface area (TPSA) is 129 Å². The van der Waals surface area contributed by atoms with Crippen molar-refractivity contribution in [2.45, 2.75) is 70.6 Å². The number of hydrogen-bond donors (Lipinski definition) is 4. The van der Waals surface area contributed by atoms with Crippen molar-refractivity contribution in [2.24, 2.45) is 5.92 Å². The van der Waals surface area contributed by atoms with E-state index < -0.39 is 11.9 Å². The van der Waals surface area contributed by atoms with Gasteiger partial charge in [-0.05, 0) is 76.5 Å². The number of halogens is 1. The van der Waals surface area contributed by atoms with E-state index >= 15 is 0 Å². The number of hydrogen-bond acceptors (Lipinski definition) is 6. The normalized spacial score (nSPS) is 20.4. The first-order valence-corrected chi connectivity index (χ1v) is 12.9. The number of carbonyl (C=O) groups excluding carboxylic acids is 2. The number of carbonyl (C=O) groups is 2. The summed E-state index contributed by atoms with van der Waals surface area (Å²) in [7, 11) is 0. The van der Waals surface area contributed by atoms with Crippen LogP contribution in [0.1, 0.15) is 61.5 Å². The molecule has 0 aliphatic heterocycles. The summed E-state index contributed by atoms with van der Waals surface area (Å²) in [5.41, 5.74) is 3.08. The van der Waals surface area contributed by atoms with Crippen molar-refractivity contribution in [2.75, 3.05) is 6.61 Å². The third-order valence-electron chi connectivity index (χ3n) is 7.16. The Morgan fingerprint density at radius 3 is 2.51 bits per heavy atom. The van der Waals surface area contributed by atoms with Gasteiger partial charge in [0.15, 0.2) is 0 Å². The van der Waals surface area contributed by atoms with Gasteiger partial charge < -0.3 is 25.5 Å². The fourth-order valence-corrected chi connectivity index (χ4v) is 4.87. The van der Waals surface area contributed by atoms with E-state index in [4.69, 9.17) is 4.74 Å². The second-order valence-corrected chi connectivity index (χ2v) is 10.2. The first-order chi connectivity index (χ1) is 17.8. The number of fused-ring (bicyclic) bond motifs is 1. The molecule has 2 aliphatic carbocycles. The van der Waals surface area contributed by atoms with Crippen molar-refractivity contribution in [3.8, 4) is 17.0 Å². The number of aromatic amines is 1. The van der Waals surface area contributed by atoms with Gasteiger partial charge in [-0.2, -0.15) is 0 Å². The van der Waals surface area contributed by atoms with Gasteiger partial charge in [-0.25, -0.2) is 14.4 Å². The highest BCUT2D eigenvalue weighted by atomic mass is 19.1. The fourth-order valence-electron chi connectivity index (χ4n) is 4.87. The lowest BCUT2D eigenvalue weighted by Crippen LogP contribution is -2.46. The first-order valence-electron chi connectivity index (χ1n) is 12.9. The molecule has 1 aromatic carbocycles. The Bertz CT molecular complexity index is 1310. The molecule has 0 saturated heterocycles. The third kappa shape index (κ3) is 5.58. The van der Waals surface area contributed by atoms with Crippen LogP contribution in [-0.2, 0) is 4.79 Å². The summed E-state index contributed by atoms with van der Waals surface area (Å²) in [5.74, 6) is 0.0649.